The zero-order valence-corrected chi connectivity index (χ0v) is 16.6. The van der Waals surface area contributed by atoms with Crippen LogP contribution in [-0.4, -0.2) is 61.5 Å². The average molecular weight is 442 g/mol. The van der Waals surface area contributed by atoms with Crippen molar-refractivity contribution in [2.45, 2.75) is 19.0 Å². The highest BCUT2D eigenvalue weighted by molar-refractivity contribution is 5.97. The van der Waals surface area contributed by atoms with Gasteiger partial charge in [-0.3, -0.25) is 14.4 Å². The molecule has 8 nitrogen and oxygen atoms in total. The molecule has 1 N–H and O–H groups in total. The first-order valence-corrected chi connectivity index (χ1v) is 9.29. The second-order valence-electron chi connectivity index (χ2n) is 6.64. The number of benzene rings is 1. The maximum absolute atomic E-state index is 12.3. The smallest absolute Gasteiger partial charge is 0.454 e. The molecule has 0 aromatic heterocycles. The Morgan fingerprint density at radius 1 is 1.16 bits per heavy atom. The predicted octanol–water partition coefficient (Wildman–Crippen LogP) is 2.31. The third-order valence-corrected chi connectivity index (χ3v) is 4.61. The molecule has 1 aliphatic heterocycles. The second-order valence-corrected chi connectivity index (χ2v) is 6.64. The second kappa shape index (κ2) is 10.6. The molecular formula is C20H21F3N2O6. The SMILES string of the molecule is COC(=O)C1CCN(C(=O)COC(=O)c2ccccc2NC=CC(=O)C(F)(F)F)CC1. The largest absolute Gasteiger partial charge is 0.469 e. The Balaban J connectivity index is 1.90. The number of likely N-dealkylation sites (tertiary alicyclic amines) is 1. The van der Waals surface area contributed by atoms with Crippen molar-refractivity contribution in [2.24, 2.45) is 5.92 Å². The van der Waals surface area contributed by atoms with Crippen molar-refractivity contribution < 1.29 is 41.8 Å². The van der Waals surface area contributed by atoms with Crippen molar-refractivity contribution in [3.8, 4) is 0 Å². The van der Waals surface area contributed by atoms with Crippen LogP contribution in [0.2, 0.25) is 0 Å². The molecule has 1 heterocycles. The third-order valence-electron chi connectivity index (χ3n) is 4.61. The number of amides is 1. The molecule has 0 aliphatic carbocycles. The van der Waals surface area contributed by atoms with Gasteiger partial charge in [0.2, 0.25) is 0 Å². The molecule has 1 fully saturated rings. The van der Waals surface area contributed by atoms with Crippen LogP contribution in [0.5, 0.6) is 0 Å². The van der Waals surface area contributed by atoms with Gasteiger partial charge in [-0.25, -0.2) is 4.79 Å². The van der Waals surface area contributed by atoms with Crippen LogP contribution in [0.1, 0.15) is 23.2 Å². The van der Waals surface area contributed by atoms with Gasteiger partial charge in [-0.15, -0.1) is 0 Å². The van der Waals surface area contributed by atoms with Gasteiger partial charge in [-0.1, -0.05) is 12.1 Å². The average Bonchev–Trinajstić information content (AvgIpc) is 2.76. The van der Waals surface area contributed by atoms with E-state index in [2.05, 4.69) is 10.1 Å². The number of methoxy groups -OCH3 is 1. The third kappa shape index (κ3) is 6.83. The summed E-state index contributed by atoms with van der Waals surface area (Å²) in [5.74, 6) is -3.95. The number of nitrogens with one attached hydrogen (secondary N) is 1. The van der Waals surface area contributed by atoms with Crippen molar-refractivity contribution in [3.63, 3.8) is 0 Å². The topological polar surface area (TPSA) is 102 Å². The van der Waals surface area contributed by atoms with Gasteiger partial charge in [0.25, 0.3) is 11.7 Å². The number of nitrogens with zero attached hydrogens (tertiary/aromatic N) is 1. The summed E-state index contributed by atoms with van der Waals surface area (Å²) in [6.07, 6.45) is -3.05. The van der Waals surface area contributed by atoms with Crippen LogP contribution < -0.4 is 5.32 Å². The number of allylic oxidation sites excluding steroid dienone is 1. The number of esters is 2. The van der Waals surface area contributed by atoms with Gasteiger partial charge in [0.05, 0.1) is 24.3 Å². The molecular weight excluding hydrogens is 421 g/mol. The number of hydrogen-bond acceptors (Lipinski definition) is 7. The summed E-state index contributed by atoms with van der Waals surface area (Å²) in [5, 5.41) is 2.43. The van der Waals surface area contributed by atoms with E-state index in [4.69, 9.17) is 4.74 Å². The fraction of sp³-hybridized carbons (Fsp3) is 0.400. The molecule has 1 amide bonds. The molecule has 0 atom stereocenters. The quantitative estimate of drug-likeness (QED) is 0.511. The highest BCUT2D eigenvalue weighted by atomic mass is 19.4. The predicted molar refractivity (Wildman–Crippen MR) is 102 cm³/mol. The highest BCUT2D eigenvalue weighted by Crippen LogP contribution is 2.20. The minimum absolute atomic E-state index is 0.0243. The highest BCUT2D eigenvalue weighted by Gasteiger charge is 2.36. The van der Waals surface area contributed by atoms with Gasteiger partial charge in [0.1, 0.15) is 0 Å². The maximum Gasteiger partial charge on any atom is 0.454 e. The van der Waals surface area contributed by atoms with Gasteiger partial charge < -0.3 is 19.7 Å². The van der Waals surface area contributed by atoms with Gasteiger partial charge in [-0.2, -0.15) is 13.2 Å². The number of alkyl halides is 3. The molecule has 168 valence electrons. The Kier molecular flexibility index (Phi) is 8.17. The van der Waals surface area contributed by atoms with E-state index in [0.717, 1.165) is 6.20 Å². The first kappa shape index (κ1) is 23.9. The molecule has 0 saturated carbocycles. The standard InChI is InChI=1S/C20H21F3N2O6/c1-30-18(28)13-7-10-25(11-8-13)17(27)12-31-19(29)14-4-2-3-5-15(14)24-9-6-16(26)20(21,22)23/h2-6,9,13,24H,7-8,10-12H2,1H3. The Morgan fingerprint density at radius 3 is 2.42 bits per heavy atom. The van der Waals surface area contributed by atoms with Crippen LogP contribution in [-0.2, 0) is 23.9 Å². The Morgan fingerprint density at radius 2 is 1.81 bits per heavy atom. The number of halogens is 3. The number of anilines is 1. The van der Waals surface area contributed by atoms with Crippen LogP contribution in [0, 0.1) is 5.92 Å². The minimum atomic E-state index is -5.00. The van der Waals surface area contributed by atoms with E-state index in [-0.39, 0.29) is 23.1 Å². The number of hydrogen-bond donors (Lipinski definition) is 1. The maximum atomic E-state index is 12.3. The number of rotatable bonds is 7. The van der Waals surface area contributed by atoms with Crippen LogP contribution >= 0.6 is 0 Å². The Hall–Kier alpha value is -3.37. The molecule has 1 aromatic carbocycles. The van der Waals surface area contributed by atoms with Crippen molar-refractivity contribution in [1.29, 1.82) is 0 Å². The number of piperidine rings is 1. The van der Waals surface area contributed by atoms with E-state index in [1.807, 2.05) is 0 Å². The lowest BCUT2D eigenvalue weighted by Crippen LogP contribution is -2.42. The van der Waals surface area contributed by atoms with Crippen LogP contribution in [0.25, 0.3) is 0 Å². The number of ketones is 1. The minimum Gasteiger partial charge on any atom is -0.469 e. The van der Waals surface area contributed by atoms with Crippen LogP contribution in [0.15, 0.2) is 36.5 Å². The van der Waals surface area contributed by atoms with E-state index in [0.29, 0.717) is 32.0 Å². The molecule has 1 aromatic rings. The summed E-state index contributed by atoms with van der Waals surface area (Å²) in [5.41, 5.74) is 0.0777. The molecule has 2 rings (SSSR count). The lowest BCUT2D eigenvalue weighted by molar-refractivity contribution is -0.165. The Labute approximate surface area is 176 Å². The van der Waals surface area contributed by atoms with Gasteiger partial charge >= 0.3 is 18.1 Å². The number of para-hydroxylation sites is 1. The first-order chi connectivity index (χ1) is 14.6. The number of carbonyl (C=O) groups excluding carboxylic acids is 4. The lowest BCUT2D eigenvalue weighted by atomic mass is 9.97. The molecule has 1 aliphatic rings. The molecule has 31 heavy (non-hydrogen) atoms. The Bertz CT molecular complexity index is 861. The van der Waals surface area contributed by atoms with Crippen molar-refractivity contribution in [2.75, 3.05) is 32.1 Å². The fourth-order valence-corrected chi connectivity index (χ4v) is 2.92. The van der Waals surface area contributed by atoms with Gasteiger partial charge in [0.15, 0.2) is 6.61 Å². The summed E-state index contributed by atoms with van der Waals surface area (Å²) in [4.78, 5) is 48.5. The number of ether oxygens (including phenoxy) is 2. The van der Waals surface area contributed by atoms with Gasteiger partial charge in [-0.05, 0) is 25.0 Å². The van der Waals surface area contributed by atoms with Crippen molar-refractivity contribution in [1.82, 2.24) is 4.90 Å². The van der Waals surface area contributed by atoms with Gasteiger partial charge in [0, 0.05) is 25.4 Å². The van der Waals surface area contributed by atoms with E-state index in [1.54, 1.807) is 0 Å². The molecule has 0 bridgehead atoms. The van der Waals surface area contributed by atoms with E-state index in [1.165, 1.54) is 36.3 Å². The van der Waals surface area contributed by atoms with Crippen LogP contribution in [0.4, 0.5) is 18.9 Å². The molecule has 0 radical (unpaired) electrons. The molecule has 0 unspecified atom stereocenters. The molecule has 0 spiro atoms. The summed E-state index contributed by atoms with van der Waals surface area (Å²) in [6.45, 7) is 0.122. The van der Waals surface area contributed by atoms with E-state index < -0.39 is 30.4 Å². The summed E-state index contributed by atoms with van der Waals surface area (Å²) >= 11 is 0. The summed E-state index contributed by atoms with van der Waals surface area (Å²) in [7, 11) is 1.30. The zero-order chi connectivity index (χ0) is 23.0. The van der Waals surface area contributed by atoms with E-state index >= 15 is 0 Å². The van der Waals surface area contributed by atoms with Crippen molar-refractivity contribution >= 4 is 29.3 Å². The summed E-state index contributed by atoms with van der Waals surface area (Å²) in [6, 6.07) is 5.79. The number of carbonyl (C=O) groups is 4. The van der Waals surface area contributed by atoms with Crippen molar-refractivity contribution in [3.05, 3.63) is 42.1 Å². The lowest BCUT2D eigenvalue weighted by Gasteiger charge is -2.30. The van der Waals surface area contributed by atoms with Crippen LogP contribution in [0.3, 0.4) is 0 Å². The van der Waals surface area contributed by atoms with E-state index in [9.17, 15) is 32.3 Å². The molecule has 1 saturated heterocycles. The molecule has 11 heteroatoms. The normalized spacial score (nSPS) is 14.9. The zero-order valence-electron chi connectivity index (χ0n) is 16.6. The monoisotopic (exact) mass is 442 g/mol. The first-order valence-electron chi connectivity index (χ1n) is 9.29. The summed E-state index contributed by atoms with van der Waals surface area (Å²) < 4.78 is 46.4. The fourth-order valence-electron chi connectivity index (χ4n) is 2.92.